The first-order chi connectivity index (χ1) is 22.3. The Morgan fingerprint density at radius 2 is 1.45 bits per heavy atom. The molecule has 246 valence electrons. The SMILES string of the molecule is FC(F)(c1ccc(Br)cn1)C1(c2cccc(Cl)c2)CO1.N=O.OC(Cn1cccn1)(c1cccc(Cl)c1)C(F)(F)c1ccc(Br)cn1. The van der Waals surface area contributed by atoms with Gasteiger partial charge in [0.1, 0.15) is 11.4 Å². The molecule has 0 spiro atoms. The minimum Gasteiger partial charge on any atom is -0.377 e. The Morgan fingerprint density at radius 3 is 1.94 bits per heavy atom. The molecule has 2 N–H and O–H groups in total. The third-order valence-electron chi connectivity index (χ3n) is 7.10. The van der Waals surface area contributed by atoms with E-state index in [2.05, 4.69) is 52.5 Å². The summed E-state index contributed by atoms with van der Waals surface area (Å²) in [5.74, 6) is -6.91. The third kappa shape index (κ3) is 7.74. The highest BCUT2D eigenvalue weighted by atomic mass is 79.9. The molecule has 2 atom stereocenters. The molecule has 5 aromatic rings. The number of aliphatic hydroxyl groups is 1. The van der Waals surface area contributed by atoms with Crippen molar-refractivity contribution in [2.45, 2.75) is 29.6 Å². The van der Waals surface area contributed by atoms with Crippen molar-refractivity contribution in [3.63, 3.8) is 0 Å². The number of rotatable bonds is 8. The Balaban J connectivity index is 0.000000206. The standard InChI is InChI=1S/C17H13BrClF2N3O.C14H9BrClF2NO.HNO/c18-13-5-6-15(22-10-13)17(20,21)16(25,11-24-8-2-7-23-24)12-3-1-4-14(19)9-12;15-10-4-5-12(19-7-10)14(17,18)13(8-20-13)9-2-1-3-11(16)6-9;1-2/h1-10,25H,11H2;1-7H,8H2;1H. The summed E-state index contributed by atoms with van der Waals surface area (Å²) in [5.41, 5.74) is -0.294. The first-order valence-electron chi connectivity index (χ1n) is 13.3. The van der Waals surface area contributed by atoms with Gasteiger partial charge in [-0.3, -0.25) is 14.6 Å². The van der Waals surface area contributed by atoms with Crippen LogP contribution in [0.2, 0.25) is 10.0 Å². The van der Waals surface area contributed by atoms with E-state index in [-0.39, 0.29) is 22.9 Å². The van der Waals surface area contributed by atoms with Crippen LogP contribution >= 0.6 is 55.1 Å². The van der Waals surface area contributed by atoms with Crippen LogP contribution in [0, 0.1) is 10.5 Å². The smallest absolute Gasteiger partial charge is 0.324 e. The van der Waals surface area contributed by atoms with Crippen LogP contribution < -0.4 is 0 Å². The lowest BCUT2D eigenvalue weighted by atomic mass is 9.85. The Hall–Kier alpha value is -3.27. The molecule has 6 rings (SSSR count). The van der Waals surface area contributed by atoms with E-state index < -0.39 is 35.3 Å². The number of hydrogen-bond acceptors (Lipinski definition) is 7. The first kappa shape index (κ1) is 36.6. The summed E-state index contributed by atoms with van der Waals surface area (Å²) in [4.78, 5) is 15.1. The van der Waals surface area contributed by atoms with Crippen LogP contribution in [0.5, 0.6) is 0 Å². The van der Waals surface area contributed by atoms with Crippen molar-refractivity contribution in [2.24, 2.45) is 0 Å². The van der Waals surface area contributed by atoms with E-state index in [1.54, 1.807) is 30.3 Å². The van der Waals surface area contributed by atoms with E-state index in [9.17, 15) is 13.9 Å². The average molecular weight is 820 g/mol. The molecule has 2 unspecified atom stereocenters. The Morgan fingerprint density at radius 1 is 0.872 bits per heavy atom. The second kappa shape index (κ2) is 14.9. The fourth-order valence-corrected chi connectivity index (χ4v) is 5.48. The molecule has 1 aliphatic heterocycles. The molecule has 8 nitrogen and oxygen atoms in total. The Bertz CT molecular complexity index is 1790. The molecule has 2 aromatic carbocycles. The number of halogens is 8. The maximum atomic E-state index is 15.3. The molecule has 4 heterocycles. The van der Waals surface area contributed by atoms with Gasteiger partial charge < -0.3 is 9.84 Å². The Kier molecular flexibility index (Phi) is 11.6. The quantitative estimate of drug-likeness (QED) is 0.0917. The molecule has 0 amide bonds. The van der Waals surface area contributed by atoms with Gasteiger partial charge in [-0.05, 0) is 97.6 Å². The second-order valence-corrected chi connectivity index (χ2v) is 12.8. The van der Waals surface area contributed by atoms with E-state index in [1.807, 2.05) is 0 Å². The van der Waals surface area contributed by atoms with Crippen molar-refractivity contribution in [2.75, 3.05) is 6.61 Å². The molecule has 0 radical (unpaired) electrons. The summed E-state index contributed by atoms with van der Waals surface area (Å²) >= 11 is 18.2. The van der Waals surface area contributed by atoms with Crippen molar-refractivity contribution >= 4 is 55.1 Å². The van der Waals surface area contributed by atoms with Crippen LogP contribution in [-0.4, -0.2) is 31.5 Å². The number of alkyl halides is 4. The fourth-order valence-electron chi connectivity index (χ4n) is 4.63. The highest BCUT2D eigenvalue weighted by molar-refractivity contribution is 9.10. The summed E-state index contributed by atoms with van der Waals surface area (Å²) in [6.07, 6.45) is 5.56. The summed E-state index contributed by atoms with van der Waals surface area (Å²) in [7, 11) is 0. The van der Waals surface area contributed by atoms with Crippen LogP contribution in [0.25, 0.3) is 0 Å². The molecule has 0 bridgehead atoms. The molecule has 47 heavy (non-hydrogen) atoms. The maximum absolute atomic E-state index is 15.3. The largest absolute Gasteiger partial charge is 0.377 e. The van der Waals surface area contributed by atoms with Gasteiger partial charge in [0.05, 0.1) is 13.2 Å². The van der Waals surface area contributed by atoms with Gasteiger partial charge in [-0.2, -0.15) is 27.6 Å². The van der Waals surface area contributed by atoms with E-state index in [0.717, 1.165) is 0 Å². The fraction of sp³-hybridized carbons (Fsp3) is 0.194. The lowest BCUT2D eigenvalue weighted by Gasteiger charge is -2.36. The number of ether oxygens (including phenoxy) is 1. The van der Waals surface area contributed by atoms with Crippen LogP contribution in [0.3, 0.4) is 0 Å². The summed E-state index contributed by atoms with van der Waals surface area (Å²) in [6, 6.07) is 19.2. The van der Waals surface area contributed by atoms with Gasteiger partial charge in [-0.1, -0.05) is 53.1 Å². The maximum Gasteiger partial charge on any atom is 0.324 e. The highest BCUT2D eigenvalue weighted by Crippen LogP contribution is 2.56. The number of nitrogens with zero attached hydrogens (tertiary/aromatic N) is 4. The average Bonchev–Trinajstić information content (AvgIpc) is 3.74. The number of pyridine rings is 2. The highest BCUT2D eigenvalue weighted by Gasteiger charge is 2.67. The van der Waals surface area contributed by atoms with Crippen molar-refractivity contribution < 1.29 is 27.4 Å². The third-order valence-corrected chi connectivity index (χ3v) is 8.51. The predicted molar refractivity (Wildman–Crippen MR) is 174 cm³/mol. The van der Waals surface area contributed by atoms with Crippen LogP contribution in [-0.2, 0) is 34.3 Å². The van der Waals surface area contributed by atoms with Crippen LogP contribution in [0.15, 0.2) is 113 Å². The zero-order chi connectivity index (χ0) is 34.5. The van der Waals surface area contributed by atoms with Crippen molar-refractivity contribution in [3.8, 4) is 0 Å². The molecule has 0 aliphatic carbocycles. The van der Waals surface area contributed by atoms with Crippen molar-refractivity contribution in [1.29, 1.82) is 5.59 Å². The monoisotopic (exact) mass is 817 g/mol. The lowest BCUT2D eigenvalue weighted by molar-refractivity contribution is -0.206. The van der Waals surface area contributed by atoms with Crippen LogP contribution in [0.4, 0.5) is 17.6 Å². The van der Waals surface area contributed by atoms with Gasteiger partial charge in [0, 0.05) is 43.8 Å². The van der Waals surface area contributed by atoms with Gasteiger partial charge in [-0.15, -0.1) is 0 Å². The Labute approximate surface area is 292 Å². The molecule has 1 fully saturated rings. The van der Waals surface area contributed by atoms with Crippen molar-refractivity contribution in [3.05, 3.63) is 150 Å². The normalized spacial score (nSPS) is 17.0. The number of nitroso groups, excluding NO2 is 1. The number of benzene rings is 2. The molecule has 3 aromatic heterocycles. The summed E-state index contributed by atoms with van der Waals surface area (Å²) in [6.45, 7) is -0.525. The first-order valence-corrected chi connectivity index (χ1v) is 15.7. The van der Waals surface area contributed by atoms with E-state index in [4.69, 9.17) is 32.8 Å². The predicted octanol–water partition coefficient (Wildman–Crippen LogP) is 9.22. The molecule has 1 saturated heterocycles. The molecule has 1 aliphatic rings. The number of aromatic nitrogens is 4. The van der Waals surface area contributed by atoms with Gasteiger partial charge in [0.2, 0.25) is 0 Å². The van der Waals surface area contributed by atoms with Gasteiger partial charge >= 0.3 is 11.8 Å². The summed E-state index contributed by atoms with van der Waals surface area (Å²) < 4.78 is 67.6. The zero-order valence-electron chi connectivity index (χ0n) is 23.8. The number of nitrogens with one attached hydrogen (secondary N) is 1. The minimum absolute atomic E-state index is 0.0229. The lowest BCUT2D eigenvalue weighted by Crippen LogP contribution is -2.47. The molecule has 0 saturated carbocycles. The van der Waals surface area contributed by atoms with E-state index in [1.165, 1.54) is 78.0 Å². The van der Waals surface area contributed by atoms with Crippen molar-refractivity contribution in [1.82, 2.24) is 19.7 Å². The van der Waals surface area contributed by atoms with Crippen LogP contribution in [0.1, 0.15) is 22.5 Å². The van der Waals surface area contributed by atoms with Gasteiger partial charge in [-0.25, -0.2) is 0 Å². The number of hydrogen-bond donors (Lipinski definition) is 2. The van der Waals surface area contributed by atoms with Gasteiger partial charge in [0.15, 0.2) is 11.2 Å². The minimum atomic E-state index is -3.69. The molecule has 16 heteroatoms. The molecular formula is C31H23Br2Cl2F4N5O3. The topological polar surface area (TPSA) is 117 Å². The molecular weight excluding hydrogens is 797 g/mol. The number of epoxide rings is 1. The zero-order valence-corrected chi connectivity index (χ0v) is 28.5. The van der Waals surface area contributed by atoms with E-state index in [0.29, 0.717) is 19.5 Å². The van der Waals surface area contributed by atoms with Gasteiger partial charge in [0.25, 0.3) is 0 Å². The second-order valence-electron chi connectivity index (χ2n) is 10.1. The van der Waals surface area contributed by atoms with E-state index >= 15 is 8.78 Å². The summed E-state index contributed by atoms with van der Waals surface area (Å²) in [5, 5.41) is 15.7.